The van der Waals surface area contributed by atoms with Crippen molar-refractivity contribution in [1.82, 2.24) is 15.0 Å². The van der Waals surface area contributed by atoms with Crippen LogP contribution in [0.2, 0.25) is 0 Å². The number of hydrogen-bond donors (Lipinski definition) is 1. The monoisotopic (exact) mass is 235 g/mol. The quantitative estimate of drug-likeness (QED) is 0.787. The minimum absolute atomic E-state index is 0.217. The van der Waals surface area contributed by atoms with E-state index in [0.29, 0.717) is 25.3 Å². The first-order valence-electron chi connectivity index (χ1n) is 5.36. The Bertz CT molecular complexity index is 536. The van der Waals surface area contributed by atoms with Crippen LogP contribution in [0, 0.1) is 0 Å². The molecule has 2 rings (SSSR count). The van der Waals surface area contributed by atoms with Crippen LogP contribution < -0.4 is 0 Å². The normalized spacial score (nSPS) is 10.9. The van der Waals surface area contributed by atoms with Crippen molar-refractivity contribution < 1.29 is 14.6 Å². The van der Waals surface area contributed by atoms with Gasteiger partial charge < -0.3 is 9.84 Å². The molecular formula is C11H13N3O3. The van der Waals surface area contributed by atoms with Crippen molar-refractivity contribution in [1.29, 1.82) is 0 Å². The van der Waals surface area contributed by atoms with E-state index >= 15 is 0 Å². The Labute approximate surface area is 97.8 Å². The third kappa shape index (κ3) is 2.42. The molecule has 17 heavy (non-hydrogen) atoms. The first kappa shape index (κ1) is 11.5. The molecule has 0 fully saturated rings. The lowest BCUT2D eigenvalue weighted by Gasteiger charge is -2.02. The molecule has 90 valence electrons. The molecule has 0 saturated carbocycles. The van der Waals surface area contributed by atoms with Crippen molar-refractivity contribution in [2.24, 2.45) is 0 Å². The molecule has 1 N–H and O–H groups in total. The van der Waals surface area contributed by atoms with Gasteiger partial charge in [-0.05, 0) is 25.1 Å². The van der Waals surface area contributed by atoms with Gasteiger partial charge in [0, 0.05) is 6.61 Å². The molecule has 0 atom stereocenters. The van der Waals surface area contributed by atoms with Gasteiger partial charge in [0.15, 0.2) is 0 Å². The summed E-state index contributed by atoms with van der Waals surface area (Å²) < 4.78 is 6.94. The lowest BCUT2D eigenvalue weighted by molar-refractivity contribution is 0.0697. The second-order valence-corrected chi connectivity index (χ2v) is 3.52. The van der Waals surface area contributed by atoms with Gasteiger partial charge in [0.25, 0.3) is 0 Å². The van der Waals surface area contributed by atoms with E-state index in [1.165, 1.54) is 6.07 Å². The Balaban J connectivity index is 2.25. The van der Waals surface area contributed by atoms with Gasteiger partial charge in [-0.3, -0.25) is 0 Å². The standard InChI is InChI=1S/C11H13N3O3/c1-2-17-6-5-14-10-4-3-8(11(15)16)7-9(10)12-13-14/h3-4,7H,2,5-6H2,1H3,(H,15,16). The van der Waals surface area contributed by atoms with Crippen molar-refractivity contribution in [2.75, 3.05) is 13.2 Å². The molecule has 0 aliphatic rings. The number of aromatic nitrogens is 3. The maximum Gasteiger partial charge on any atom is 0.335 e. The summed E-state index contributed by atoms with van der Waals surface area (Å²) in [7, 11) is 0. The maximum absolute atomic E-state index is 10.8. The van der Waals surface area contributed by atoms with E-state index in [1.54, 1.807) is 16.8 Å². The molecule has 0 unspecified atom stereocenters. The number of aromatic carboxylic acids is 1. The molecule has 0 amide bonds. The Hall–Kier alpha value is -1.95. The summed E-state index contributed by atoms with van der Waals surface area (Å²) in [5.74, 6) is -0.962. The predicted molar refractivity (Wildman–Crippen MR) is 61.0 cm³/mol. The number of carboxylic acids is 1. The summed E-state index contributed by atoms with van der Waals surface area (Å²) in [6.07, 6.45) is 0. The number of fused-ring (bicyclic) bond motifs is 1. The summed E-state index contributed by atoms with van der Waals surface area (Å²) >= 11 is 0. The summed E-state index contributed by atoms with van der Waals surface area (Å²) in [5.41, 5.74) is 1.62. The fourth-order valence-corrected chi connectivity index (χ4v) is 1.57. The first-order valence-corrected chi connectivity index (χ1v) is 5.36. The van der Waals surface area contributed by atoms with Crippen LogP contribution in [0.4, 0.5) is 0 Å². The lowest BCUT2D eigenvalue weighted by atomic mass is 10.2. The number of hydrogen-bond acceptors (Lipinski definition) is 4. The Morgan fingerprint density at radius 3 is 3.06 bits per heavy atom. The molecule has 2 aromatic rings. The van der Waals surface area contributed by atoms with Crippen LogP contribution in [0.1, 0.15) is 17.3 Å². The van der Waals surface area contributed by atoms with Gasteiger partial charge in [0.05, 0.1) is 24.2 Å². The number of nitrogens with zero attached hydrogens (tertiary/aromatic N) is 3. The van der Waals surface area contributed by atoms with Crippen LogP contribution in [-0.2, 0) is 11.3 Å². The van der Waals surface area contributed by atoms with Gasteiger partial charge >= 0.3 is 5.97 Å². The fraction of sp³-hybridized carbons (Fsp3) is 0.364. The maximum atomic E-state index is 10.8. The molecule has 0 bridgehead atoms. The molecule has 0 aliphatic heterocycles. The van der Waals surface area contributed by atoms with Crippen LogP contribution in [0.25, 0.3) is 11.0 Å². The number of benzene rings is 1. The largest absolute Gasteiger partial charge is 0.478 e. The summed E-state index contributed by atoms with van der Waals surface area (Å²) in [5, 5.41) is 16.7. The van der Waals surface area contributed by atoms with E-state index in [2.05, 4.69) is 10.3 Å². The van der Waals surface area contributed by atoms with E-state index in [9.17, 15) is 4.79 Å². The molecular weight excluding hydrogens is 222 g/mol. The smallest absolute Gasteiger partial charge is 0.335 e. The minimum atomic E-state index is -0.962. The molecule has 1 heterocycles. The molecule has 0 saturated heterocycles. The molecule has 0 radical (unpaired) electrons. The van der Waals surface area contributed by atoms with Crippen LogP contribution in [0.3, 0.4) is 0 Å². The van der Waals surface area contributed by atoms with Crippen molar-refractivity contribution in [3.05, 3.63) is 23.8 Å². The zero-order valence-electron chi connectivity index (χ0n) is 9.46. The fourth-order valence-electron chi connectivity index (χ4n) is 1.57. The number of rotatable bonds is 5. The van der Waals surface area contributed by atoms with Gasteiger partial charge in [0.1, 0.15) is 5.52 Å². The van der Waals surface area contributed by atoms with Crippen molar-refractivity contribution >= 4 is 17.0 Å². The molecule has 1 aromatic heterocycles. The van der Waals surface area contributed by atoms with Gasteiger partial charge in [-0.2, -0.15) is 0 Å². The van der Waals surface area contributed by atoms with E-state index in [4.69, 9.17) is 9.84 Å². The van der Waals surface area contributed by atoms with E-state index in [1.807, 2.05) is 6.92 Å². The van der Waals surface area contributed by atoms with E-state index in [0.717, 1.165) is 5.52 Å². The van der Waals surface area contributed by atoms with Gasteiger partial charge in [-0.25, -0.2) is 9.48 Å². The highest BCUT2D eigenvalue weighted by Crippen LogP contribution is 2.13. The minimum Gasteiger partial charge on any atom is -0.478 e. The lowest BCUT2D eigenvalue weighted by Crippen LogP contribution is -2.07. The van der Waals surface area contributed by atoms with Crippen molar-refractivity contribution in [3.63, 3.8) is 0 Å². The van der Waals surface area contributed by atoms with Crippen LogP contribution in [0.5, 0.6) is 0 Å². The van der Waals surface area contributed by atoms with Crippen LogP contribution in [-0.4, -0.2) is 39.3 Å². The Morgan fingerprint density at radius 2 is 2.35 bits per heavy atom. The highest BCUT2D eigenvalue weighted by atomic mass is 16.5. The number of ether oxygens (including phenoxy) is 1. The predicted octanol–water partition coefficient (Wildman–Crippen LogP) is 1.17. The molecule has 6 heteroatoms. The zero-order chi connectivity index (χ0) is 12.3. The number of carboxylic acid groups (broad SMARTS) is 1. The molecule has 0 spiro atoms. The van der Waals surface area contributed by atoms with Crippen molar-refractivity contribution in [2.45, 2.75) is 13.5 Å². The second-order valence-electron chi connectivity index (χ2n) is 3.52. The summed E-state index contributed by atoms with van der Waals surface area (Å²) in [6.45, 7) is 3.76. The highest BCUT2D eigenvalue weighted by molar-refractivity contribution is 5.92. The van der Waals surface area contributed by atoms with Gasteiger partial charge in [0.2, 0.25) is 0 Å². The topological polar surface area (TPSA) is 77.2 Å². The molecule has 6 nitrogen and oxygen atoms in total. The first-order chi connectivity index (χ1) is 8.22. The van der Waals surface area contributed by atoms with Crippen LogP contribution in [0.15, 0.2) is 18.2 Å². The third-order valence-electron chi connectivity index (χ3n) is 2.41. The highest BCUT2D eigenvalue weighted by Gasteiger charge is 2.08. The van der Waals surface area contributed by atoms with Crippen LogP contribution >= 0.6 is 0 Å². The SMILES string of the molecule is CCOCCn1nnc2cc(C(=O)O)ccc21. The summed E-state index contributed by atoms with van der Waals surface area (Å²) in [6, 6.07) is 4.78. The van der Waals surface area contributed by atoms with Gasteiger partial charge in [-0.15, -0.1) is 5.10 Å². The van der Waals surface area contributed by atoms with E-state index in [-0.39, 0.29) is 5.56 Å². The average Bonchev–Trinajstić information content (AvgIpc) is 2.72. The average molecular weight is 235 g/mol. The molecule has 1 aromatic carbocycles. The third-order valence-corrected chi connectivity index (χ3v) is 2.41. The molecule has 0 aliphatic carbocycles. The van der Waals surface area contributed by atoms with E-state index < -0.39 is 5.97 Å². The van der Waals surface area contributed by atoms with Crippen molar-refractivity contribution in [3.8, 4) is 0 Å². The number of carbonyl (C=O) groups is 1. The van der Waals surface area contributed by atoms with Gasteiger partial charge in [-0.1, -0.05) is 5.21 Å². The Morgan fingerprint density at radius 1 is 1.53 bits per heavy atom. The zero-order valence-corrected chi connectivity index (χ0v) is 9.46. The summed E-state index contributed by atoms with van der Waals surface area (Å²) in [4.78, 5) is 10.8. The Kier molecular flexibility index (Phi) is 3.34. The second kappa shape index (κ2) is 4.92.